The molecule has 0 aliphatic rings. The van der Waals surface area contributed by atoms with Crippen LogP contribution in [-0.4, -0.2) is 18.1 Å². The average molecular weight is 298 g/mol. The fraction of sp³-hybridized carbons (Fsp3) is 0.455. The lowest BCUT2D eigenvalue weighted by Crippen LogP contribution is -2.21. The van der Waals surface area contributed by atoms with Gasteiger partial charge in [-0.2, -0.15) is 13.2 Å². The maximum Gasteiger partial charge on any atom is 0.418 e. The summed E-state index contributed by atoms with van der Waals surface area (Å²) in [6, 6.07) is 0. The van der Waals surface area contributed by atoms with Crippen LogP contribution in [0.2, 0.25) is 0 Å². The van der Waals surface area contributed by atoms with Crippen molar-refractivity contribution in [1.29, 1.82) is 0 Å². The Morgan fingerprint density at radius 1 is 1.45 bits per heavy atom. The van der Waals surface area contributed by atoms with E-state index in [1.165, 1.54) is 0 Å². The number of carbonyl (C=O) groups excluding carboxylic acids is 1. The molecule has 0 aliphatic carbocycles. The van der Waals surface area contributed by atoms with Gasteiger partial charge >= 0.3 is 12.1 Å². The van der Waals surface area contributed by atoms with E-state index < -0.39 is 53.9 Å². The van der Waals surface area contributed by atoms with E-state index in [0.717, 1.165) is 7.11 Å². The van der Waals surface area contributed by atoms with Gasteiger partial charge in [0, 0.05) is 18.3 Å². The number of pyridine rings is 1. The molecule has 0 fully saturated rings. The number of nitrogens with zero attached hydrogens (tertiary/aromatic N) is 1. The second-order valence-electron chi connectivity index (χ2n) is 3.77. The number of hydrogen-bond acceptors (Lipinski definition) is 4. The SMILES string of the molecule is COC(=O)Cc1ncc(C(F)F)c(CN)c1C(F)(F)F. The van der Waals surface area contributed by atoms with E-state index in [0.29, 0.717) is 6.20 Å². The minimum atomic E-state index is -4.95. The molecule has 9 heteroatoms. The predicted molar refractivity (Wildman–Crippen MR) is 57.8 cm³/mol. The number of ether oxygens (including phenoxy) is 1. The van der Waals surface area contributed by atoms with Gasteiger partial charge in [0.25, 0.3) is 6.43 Å². The van der Waals surface area contributed by atoms with Crippen LogP contribution in [0.1, 0.15) is 28.8 Å². The predicted octanol–water partition coefficient (Wildman–Crippen LogP) is 2.21. The molecule has 2 N–H and O–H groups in total. The molecule has 0 bridgehead atoms. The molecule has 0 aromatic carbocycles. The third-order valence-electron chi connectivity index (χ3n) is 2.56. The monoisotopic (exact) mass is 298 g/mol. The van der Waals surface area contributed by atoms with Gasteiger partial charge in [-0.3, -0.25) is 9.78 Å². The fourth-order valence-corrected chi connectivity index (χ4v) is 1.69. The highest BCUT2D eigenvalue weighted by atomic mass is 19.4. The smallest absolute Gasteiger partial charge is 0.418 e. The summed E-state index contributed by atoms with van der Waals surface area (Å²) in [5.74, 6) is -0.962. The van der Waals surface area contributed by atoms with E-state index in [4.69, 9.17) is 5.73 Å². The maximum absolute atomic E-state index is 13.0. The topological polar surface area (TPSA) is 65.2 Å². The number of rotatable bonds is 4. The molecular formula is C11H11F5N2O2. The van der Waals surface area contributed by atoms with Crippen molar-refractivity contribution in [3.8, 4) is 0 Å². The number of methoxy groups -OCH3 is 1. The van der Waals surface area contributed by atoms with E-state index in [-0.39, 0.29) is 0 Å². The second-order valence-corrected chi connectivity index (χ2v) is 3.77. The van der Waals surface area contributed by atoms with Crippen LogP contribution in [-0.2, 0) is 28.7 Å². The highest BCUT2D eigenvalue weighted by molar-refractivity contribution is 5.72. The van der Waals surface area contributed by atoms with Gasteiger partial charge in [0.1, 0.15) is 0 Å². The molecule has 112 valence electrons. The van der Waals surface area contributed by atoms with Crippen molar-refractivity contribution in [2.24, 2.45) is 5.73 Å². The van der Waals surface area contributed by atoms with Crippen LogP contribution in [0, 0.1) is 0 Å². The number of hydrogen-bond donors (Lipinski definition) is 1. The Balaban J connectivity index is 3.50. The van der Waals surface area contributed by atoms with Gasteiger partial charge in [-0.1, -0.05) is 0 Å². The summed E-state index contributed by atoms with van der Waals surface area (Å²) in [4.78, 5) is 14.4. The zero-order valence-corrected chi connectivity index (χ0v) is 10.3. The standard InChI is InChI=1S/C11H11F5N2O2/c1-20-8(19)2-7-9(11(14,15)16)5(3-17)6(4-18-7)10(12)13/h4,10H,2-3,17H2,1H3. The molecule has 0 spiro atoms. The van der Waals surface area contributed by atoms with Crippen molar-refractivity contribution in [3.63, 3.8) is 0 Å². The molecule has 4 nitrogen and oxygen atoms in total. The molecule has 0 unspecified atom stereocenters. The van der Waals surface area contributed by atoms with Gasteiger partial charge in [-0.05, 0) is 5.56 Å². The number of alkyl halides is 5. The molecule has 1 aromatic rings. The Bertz CT molecular complexity index is 502. The minimum absolute atomic E-state index is 0.598. The first-order valence-electron chi connectivity index (χ1n) is 5.35. The Labute approximate surface area is 110 Å². The molecule has 0 saturated heterocycles. The first-order chi connectivity index (χ1) is 9.22. The Morgan fingerprint density at radius 2 is 2.05 bits per heavy atom. The van der Waals surface area contributed by atoms with Crippen molar-refractivity contribution >= 4 is 5.97 Å². The van der Waals surface area contributed by atoms with Crippen LogP contribution in [0.3, 0.4) is 0 Å². The highest BCUT2D eigenvalue weighted by Crippen LogP contribution is 2.37. The van der Waals surface area contributed by atoms with Gasteiger partial charge in [0.15, 0.2) is 0 Å². The van der Waals surface area contributed by atoms with Gasteiger partial charge in [0.2, 0.25) is 0 Å². The summed E-state index contributed by atoms with van der Waals surface area (Å²) in [5, 5.41) is 0. The van der Waals surface area contributed by atoms with E-state index >= 15 is 0 Å². The van der Waals surface area contributed by atoms with Crippen LogP contribution in [0.5, 0.6) is 0 Å². The lowest BCUT2D eigenvalue weighted by atomic mass is 9.99. The molecule has 20 heavy (non-hydrogen) atoms. The molecule has 0 amide bonds. The molecule has 0 aliphatic heterocycles. The van der Waals surface area contributed by atoms with E-state index in [2.05, 4.69) is 9.72 Å². The Hall–Kier alpha value is -1.77. The molecule has 0 saturated carbocycles. The number of carbonyl (C=O) groups is 1. The van der Waals surface area contributed by atoms with Crippen molar-refractivity contribution in [2.75, 3.05) is 7.11 Å². The third kappa shape index (κ3) is 3.41. The quantitative estimate of drug-likeness (QED) is 0.683. The summed E-state index contributed by atoms with van der Waals surface area (Å²) in [6.45, 7) is -0.745. The van der Waals surface area contributed by atoms with Crippen LogP contribution >= 0.6 is 0 Å². The van der Waals surface area contributed by atoms with E-state index in [9.17, 15) is 26.7 Å². The van der Waals surface area contributed by atoms with Crippen molar-refractivity contribution < 1.29 is 31.5 Å². The molecule has 1 rings (SSSR count). The van der Waals surface area contributed by atoms with Crippen LogP contribution in [0.4, 0.5) is 22.0 Å². The minimum Gasteiger partial charge on any atom is -0.469 e. The number of nitrogens with two attached hydrogens (primary N) is 1. The summed E-state index contributed by atoms with van der Waals surface area (Å²) in [5.41, 5.74) is 1.40. The first-order valence-corrected chi connectivity index (χ1v) is 5.35. The largest absolute Gasteiger partial charge is 0.469 e. The number of halogens is 5. The van der Waals surface area contributed by atoms with Crippen molar-refractivity contribution in [1.82, 2.24) is 4.98 Å². The lowest BCUT2D eigenvalue weighted by molar-refractivity contribution is -0.142. The zero-order chi connectivity index (χ0) is 15.5. The van der Waals surface area contributed by atoms with Crippen molar-refractivity contribution in [2.45, 2.75) is 25.6 Å². The van der Waals surface area contributed by atoms with Gasteiger partial charge in [0.05, 0.1) is 24.8 Å². The average Bonchev–Trinajstić information content (AvgIpc) is 2.35. The number of esters is 1. The van der Waals surface area contributed by atoms with E-state index in [1.54, 1.807) is 0 Å². The fourth-order valence-electron chi connectivity index (χ4n) is 1.69. The molecule has 1 heterocycles. The summed E-state index contributed by atoms with van der Waals surface area (Å²) in [7, 11) is 0.993. The maximum atomic E-state index is 13.0. The summed E-state index contributed by atoms with van der Waals surface area (Å²) in [6.07, 6.45) is -8.27. The molecule has 1 aromatic heterocycles. The van der Waals surface area contributed by atoms with Gasteiger partial charge in [-0.25, -0.2) is 8.78 Å². The van der Waals surface area contributed by atoms with Crippen LogP contribution < -0.4 is 5.73 Å². The normalized spacial score (nSPS) is 11.8. The Morgan fingerprint density at radius 3 is 2.45 bits per heavy atom. The zero-order valence-electron chi connectivity index (χ0n) is 10.3. The van der Waals surface area contributed by atoms with Crippen molar-refractivity contribution in [3.05, 3.63) is 28.6 Å². The van der Waals surface area contributed by atoms with Gasteiger partial charge in [-0.15, -0.1) is 0 Å². The Kier molecular flexibility index (Phi) is 4.98. The lowest BCUT2D eigenvalue weighted by Gasteiger charge is -2.18. The molecule has 0 atom stereocenters. The van der Waals surface area contributed by atoms with Crippen LogP contribution in [0.15, 0.2) is 6.20 Å². The third-order valence-corrected chi connectivity index (χ3v) is 2.56. The first kappa shape index (κ1) is 16.3. The summed E-state index contributed by atoms with van der Waals surface area (Å²) < 4.78 is 68.6. The van der Waals surface area contributed by atoms with Gasteiger partial charge < -0.3 is 10.5 Å². The summed E-state index contributed by atoms with van der Waals surface area (Å²) >= 11 is 0. The second kappa shape index (κ2) is 6.12. The highest BCUT2D eigenvalue weighted by Gasteiger charge is 2.39. The number of aromatic nitrogens is 1. The van der Waals surface area contributed by atoms with E-state index in [1.807, 2.05) is 0 Å². The molecule has 0 radical (unpaired) electrons. The van der Waals surface area contributed by atoms with Crippen LogP contribution in [0.25, 0.3) is 0 Å². The molecular weight excluding hydrogens is 287 g/mol.